The lowest BCUT2D eigenvalue weighted by atomic mass is 10.2. The normalized spacial score (nSPS) is 17.2. The van der Waals surface area contributed by atoms with Gasteiger partial charge in [0.1, 0.15) is 5.82 Å². The Hall–Kier alpha value is -2.12. The van der Waals surface area contributed by atoms with E-state index >= 15 is 0 Å². The highest BCUT2D eigenvalue weighted by Crippen LogP contribution is 2.37. The van der Waals surface area contributed by atoms with E-state index < -0.39 is 15.8 Å². The summed E-state index contributed by atoms with van der Waals surface area (Å²) in [4.78, 5) is 0.144. The first kappa shape index (κ1) is 17.3. The molecule has 0 unspecified atom stereocenters. The van der Waals surface area contributed by atoms with E-state index in [1.807, 2.05) is 0 Å². The monoisotopic (exact) mass is 377 g/mol. The van der Waals surface area contributed by atoms with Gasteiger partial charge >= 0.3 is 0 Å². The van der Waals surface area contributed by atoms with Gasteiger partial charge in [-0.1, -0.05) is 18.2 Å². The smallest absolute Gasteiger partial charge is 0.243 e. The minimum atomic E-state index is -3.77. The van der Waals surface area contributed by atoms with Crippen molar-refractivity contribution < 1.29 is 22.3 Å². The van der Waals surface area contributed by atoms with E-state index in [4.69, 9.17) is 9.47 Å². The fourth-order valence-corrected chi connectivity index (χ4v) is 4.69. The van der Waals surface area contributed by atoms with E-state index in [1.165, 1.54) is 22.5 Å². The zero-order valence-corrected chi connectivity index (χ0v) is 15.0. The van der Waals surface area contributed by atoms with Crippen LogP contribution in [-0.4, -0.2) is 32.0 Å². The number of nitrogens with zero attached hydrogens (tertiary/aromatic N) is 1. The first-order valence-electron chi connectivity index (χ1n) is 8.70. The molecular formula is C19H20FNO4S. The van der Waals surface area contributed by atoms with Crippen LogP contribution < -0.4 is 9.47 Å². The number of halogens is 1. The molecular weight excluding hydrogens is 357 g/mol. The van der Waals surface area contributed by atoms with Gasteiger partial charge in [-0.05, 0) is 31.0 Å². The summed E-state index contributed by atoms with van der Waals surface area (Å²) >= 11 is 0. The first-order chi connectivity index (χ1) is 12.6. The third kappa shape index (κ3) is 3.41. The Morgan fingerprint density at radius 2 is 1.77 bits per heavy atom. The number of sulfonamides is 1. The van der Waals surface area contributed by atoms with Crippen LogP contribution in [0, 0.1) is 5.82 Å². The van der Waals surface area contributed by atoms with Crippen molar-refractivity contribution >= 4 is 10.0 Å². The highest BCUT2D eigenvalue weighted by atomic mass is 32.2. The maximum Gasteiger partial charge on any atom is 0.243 e. The molecule has 1 heterocycles. The van der Waals surface area contributed by atoms with E-state index in [9.17, 15) is 12.8 Å². The lowest BCUT2D eigenvalue weighted by Gasteiger charge is -2.23. The van der Waals surface area contributed by atoms with Gasteiger partial charge in [0.25, 0.3) is 0 Å². The zero-order chi connectivity index (χ0) is 18.1. The largest absolute Gasteiger partial charge is 0.490 e. The highest BCUT2D eigenvalue weighted by molar-refractivity contribution is 7.89. The van der Waals surface area contributed by atoms with Crippen LogP contribution >= 0.6 is 0 Å². The molecule has 2 aromatic carbocycles. The van der Waals surface area contributed by atoms with Crippen LogP contribution in [-0.2, 0) is 16.6 Å². The van der Waals surface area contributed by atoms with Crippen LogP contribution in [0.2, 0.25) is 0 Å². The number of ether oxygens (including phenoxy) is 2. The number of hydrogen-bond acceptors (Lipinski definition) is 4. The SMILES string of the molecule is O=S(=O)(c1ccc2c(c1)OCCCO2)N(Cc1ccccc1F)C1CC1. The van der Waals surface area contributed by atoms with Crippen LogP contribution in [0.4, 0.5) is 4.39 Å². The van der Waals surface area contributed by atoms with E-state index in [-0.39, 0.29) is 17.5 Å². The second-order valence-electron chi connectivity index (χ2n) is 6.53. The summed E-state index contributed by atoms with van der Waals surface area (Å²) < 4.78 is 53.0. The van der Waals surface area contributed by atoms with Crippen molar-refractivity contribution in [2.75, 3.05) is 13.2 Å². The average molecular weight is 377 g/mol. The van der Waals surface area contributed by atoms with E-state index in [0.29, 0.717) is 30.3 Å². The number of hydrogen-bond donors (Lipinski definition) is 0. The molecule has 26 heavy (non-hydrogen) atoms. The Kier molecular flexibility index (Phi) is 4.58. The van der Waals surface area contributed by atoms with Gasteiger partial charge in [-0.15, -0.1) is 0 Å². The van der Waals surface area contributed by atoms with Crippen LogP contribution in [0.25, 0.3) is 0 Å². The molecule has 4 rings (SSSR count). The van der Waals surface area contributed by atoms with Crippen LogP contribution in [0.15, 0.2) is 47.4 Å². The van der Waals surface area contributed by atoms with Gasteiger partial charge in [-0.25, -0.2) is 12.8 Å². The summed E-state index contributed by atoms with van der Waals surface area (Å²) in [7, 11) is -3.77. The van der Waals surface area contributed by atoms with Crippen molar-refractivity contribution in [2.24, 2.45) is 0 Å². The fourth-order valence-electron chi connectivity index (χ4n) is 3.01. The second-order valence-corrected chi connectivity index (χ2v) is 8.42. The van der Waals surface area contributed by atoms with Crippen LogP contribution in [0.5, 0.6) is 11.5 Å². The molecule has 0 saturated heterocycles. The topological polar surface area (TPSA) is 55.8 Å². The molecule has 2 aromatic rings. The quantitative estimate of drug-likeness (QED) is 0.802. The molecule has 0 atom stereocenters. The van der Waals surface area contributed by atoms with E-state index in [1.54, 1.807) is 24.3 Å². The van der Waals surface area contributed by atoms with Gasteiger partial charge in [0, 0.05) is 30.6 Å². The second kappa shape index (κ2) is 6.89. The summed E-state index contributed by atoms with van der Waals surface area (Å²) in [5.41, 5.74) is 0.373. The van der Waals surface area contributed by atoms with Gasteiger partial charge < -0.3 is 9.47 Å². The van der Waals surface area contributed by atoms with Crippen LogP contribution in [0.1, 0.15) is 24.8 Å². The number of benzene rings is 2. The standard InChI is InChI=1S/C19H20FNO4S/c20-17-5-2-1-4-14(17)13-21(15-6-7-15)26(22,23)16-8-9-18-19(12-16)25-11-3-10-24-18/h1-2,4-5,8-9,12,15H,3,6-7,10-11,13H2. The van der Waals surface area contributed by atoms with Crippen molar-refractivity contribution in [1.82, 2.24) is 4.31 Å². The average Bonchev–Trinajstić information content (AvgIpc) is 3.47. The van der Waals surface area contributed by atoms with Gasteiger partial charge in [-0.3, -0.25) is 0 Å². The molecule has 5 nitrogen and oxygen atoms in total. The van der Waals surface area contributed by atoms with Gasteiger partial charge in [-0.2, -0.15) is 4.31 Å². The number of fused-ring (bicyclic) bond motifs is 1. The molecule has 1 aliphatic carbocycles. The molecule has 0 amide bonds. The highest BCUT2D eigenvalue weighted by Gasteiger charge is 2.38. The Bertz CT molecular complexity index is 912. The predicted molar refractivity (Wildman–Crippen MR) is 94.2 cm³/mol. The summed E-state index contributed by atoms with van der Waals surface area (Å²) in [6.07, 6.45) is 2.33. The molecule has 0 aromatic heterocycles. The fraction of sp³-hybridized carbons (Fsp3) is 0.368. The van der Waals surface area contributed by atoms with Gasteiger partial charge in [0.2, 0.25) is 10.0 Å². The molecule has 2 aliphatic rings. The maximum atomic E-state index is 14.0. The molecule has 1 fully saturated rings. The lowest BCUT2D eigenvalue weighted by Crippen LogP contribution is -2.33. The zero-order valence-electron chi connectivity index (χ0n) is 14.2. The molecule has 138 valence electrons. The molecule has 7 heteroatoms. The minimum Gasteiger partial charge on any atom is -0.490 e. The molecule has 0 bridgehead atoms. The Morgan fingerprint density at radius 3 is 2.50 bits per heavy atom. The summed E-state index contributed by atoms with van der Waals surface area (Å²) in [5, 5.41) is 0. The van der Waals surface area contributed by atoms with Gasteiger partial charge in [0.15, 0.2) is 11.5 Å². The first-order valence-corrected chi connectivity index (χ1v) is 10.1. The molecule has 1 saturated carbocycles. The number of rotatable bonds is 5. The third-order valence-electron chi connectivity index (χ3n) is 4.56. The summed E-state index contributed by atoms with van der Waals surface area (Å²) in [6, 6.07) is 10.8. The Labute approximate surface area is 152 Å². The summed E-state index contributed by atoms with van der Waals surface area (Å²) in [5.74, 6) is 0.589. The summed E-state index contributed by atoms with van der Waals surface area (Å²) in [6.45, 7) is 1.05. The van der Waals surface area contributed by atoms with Crippen molar-refractivity contribution in [2.45, 2.75) is 36.7 Å². The van der Waals surface area contributed by atoms with E-state index in [0.717, 1.165) is 19.3 Å². The van der Waals surface area contributed by atoms with Gasteiger partial charge in [0.05, 0.1) is 18.1 Å². The maximum absolute atomic E-state index is 14.0. The van der Waals surface area contributed by atoms with E-state index in [2.05, 4.69) is 0 Å². The lowest BCUT2D eigenvalue weighted by molar-refractivity contribution is 0.296. The Morgan fingerprint density at radius 1 is 1.04 bits per heavy atom. The molecule has 0 N–H and O–H groups in total. The molecule has 1 aliphatic heterocycles. The van der Waals surface area contributed by atoms with Crippen molar-refractivity contribution in [3.8, 4) is 11.5 Å². The van der Waals surface area contributed by atoms with Crippen LogP contribution in [0.3, 0.4) is 0 Å². The molecule has 0 spiro atoms. The van der Waals surface area contributed by atoms with Crippen molar-refractivity contribution in [3.63, 3.8) is 0 Å². The Balaban J connectivity index is 1.67. The van der Waals surface area contributed by atoms with Crippen molar-refractivity contribution in [1.29, 1.82) is 0 Å². The molecule has 0 radical (unpaired) electrons. The van der Waals surface area contributed by atoms with Crippen molar-refractivity contribution in [3.05, 3.63) is 53.8 Å². The predicted octanol–water partition coefficient (Wildman–Crippen LogP) is 3.34. The third-order valence-corrected chi connectivity index (χ3v) is 6.46. The minimum absolute atomic E-state index is 0.0219.